The molecule has 0 saturated carbocycles. The van der Waals surface area contributed by atoms with Crippen LogP contribution in [0.2, 0.25) is 0 Å². The van der Waals surface area contributed by atoms with Crippen LogP contribution in [0.5, 0.6) is 11.5 Å². The van der Waals surface area contributed by atoms with Gasteiger partial charge in [0, 0.05) is 50.2 Å². The fourth-order valence-corrected chi connectivity index (χ4v) is 3.36. The third kappa shape index (κ3) is 4.01. The zero-order valence-corrected chi connectivity index (χ0v) is 16.5. The quantitative estimate of drug-likeness (QED) is 0.662. The number of piperazine rings is 1. The van der Waals surface area contributed by atoms with Gasteiger partial charge in [0.25, 0.3) is 5.91 Å². The highest BCUT2D eigenvalue weighted by Gasteiger charge is 2.24. The van der Waals surface area contributed by atoms with Gasteiger partial charge in [-0.25, -0.2) is 0 Å². The Balaban J connectivity index is 1.41. The number of ether oxygens (including phenoxy) is 2. The Morgan fingerprint density at radius 2 is 1.45 bits per heavy atom. The molecular formula is C21H23N5O3. The molecule has 4 rings (SSSR count). The molecule has 2 aromatic heterocycles. The van der Waals surface area contributed by atoms with Crippen LogP contribution >= 0.6 is 0 Å². The van der Waals surface area contributed by atoms with E-state index in [2.05, 4.69) is 15.1 Å². The molecule has 0 unspecified atom stereocenters. The first-order chi connectivity index (χ1) is 14.2. The van der Waals surface area contributed by atoms with Crippen LogP contribution in [0.1, 0.15) is 10.4 Å². The van der Waals surface area contributed by atoms with E-state index in [-0.39, 0.29) is 5.91 Å². The summed E-state index contributed by atoms with van der Waals surface area (Å²) in [6, 6.07) is 13.0. The van der Waals surface area contributed by atoms with Crippen LogP contribution in [0.15, 0.2) is 54.9 Å². The number of methoxy groups -OCH3 is 2. The van der Waals surface area contributed by atoms with Crippen LogP contribution in [0.25, 0.3) is 5.82 Å². The molecule has 0 atom stereocenters. The monoisotopic (exact) mass is 393 g/mol. The molecule has 0 aliphatic carbocycles. The molecule has 1 fully saturated rings. The first-order valence-electron chi connectivity index (χ1n) is 9.42. The maximum atomic E-state index is 12.9. The number of carbonyl (C=O) groups excluding carboxylic acids is 1. The van der Waals surface area contributed by atoms with E-state index in [0.29, 0.717) is 43.2 Å². The Morgan fingerprint density at radius 3 is 2.00 bits per heavy atom. The molecule has 1 aliphatic rings. The van der Waals surface area contributed by atoms with Crippen molar-refractivity contribution in [1.82, 2.24) is 19.7 Å². The van der Waals surface area contributed by atoms with Gasteiger partial charge in [-0.1, -0.05) is 0 Å². The van der Waals surface area contributed by atoms with E-state index >= 15 is 0 Å². The normalized spacial score (nSPS) is 14.0. The summed E-state index contributed by atoms with van der Waals surface area (Å²) >= 11 is 0. The number of anilines is 1. The van der Waals surface area contributed by atoms with Gasteiger partial charge in [0.1, 0.15) is 11.5 Å². The second kappa shape index (κ2) is 8.22. The number of amides is 1. The van der Waals surface area contributed by atoms with Crippen molar-refractivity contribution >= 4 is 11.7 Å². The Bertz CT molecular complexity index is 942. The molecule has 150 valence electrons. The van der Waals surface area contributed by atoms with Crippen molar-refractivity contribution in [2.24, 2.45) is 0 Å². The Hall–Kier alpha value is -3.55. The van der Waals surface area contributed by atoms with E-state index < -0.39 is 0 Å². The molecule has 0 bridgehead atoms. The van der Waals surface area contributed by atoms with Gasteiger partial charge >= 0.3 is 0 Å². The first kappa shape index (κ1) is 18.8. The number of aromatic nitrogens is 3. The maximum Gasteiger partial charge on any atom is 0.254 e. The van der Waals surface area contributed by atoms with Gasteiger partial charge in [0.05, 0.1) is 14.2 Å². The lowest BCUT2D eigenvalue weighted by molar-refractivity contribution is 0.0745. The van der Waals surface area contributed by atoms with E-state index in [1.165, 1.54) is 0 Å². The van der Waals surface area contributed by atoms with Crippen LogP contribution in [-0.2, 0) is 0 Å². The smallest absolute Gasteiger partial charge is 0.254 e. The van der Waals surface area contributed by atoms with Crippen molar-refractivity contribution in [3.63, 3.8) is 0 Å². The second-order valence-electron chi connectivity index (χ2n) is 6.72. The van der Waals surface area contributed by atoms with Gasteiger partial charge in [-0.05, 0) is 36.4 Å². The van der Waals surface area contributed by atoms with Crippen LogP contribution in [0.3, 0.4) is 0 Å². The fraction of sp³-hybridized carbons (Fsp3) is 0.286. The summed E-state index contributed by atoms with van der Waals surface area (Å²) in [4.78, 5) is 16.9. The predicted octanol–water partition coefficient (Wildman–Crippen LogP) is 2.25. The summed E-state index contributed by atoms with van der Waals surface area (Å²) in [5.41, 5.74) is 0.561. The fourth-order valence-electron chi connectivity index (χ4n) is 3.36. The molecule has 3 heterocycles. The van der Waals surface area contributed by atoms with Crippen molar-refractivity contribution < 1.29 is 14.3 Å². The van der Waals surface area contributed by atoms with E-state index in [9.17, 15) is 4.79 Å². The highest BCUT2D eigenvalue weighted by Crippen LogP contribution is 2.24. The van der Waals surface area contributed by atoms with Crippen LogP contribution in [0.4, 0.5) is 5.82 Å². The Labute approximate surface area is 169 Å². The molecule has 0 spiro atoms. The van der Waals surface area contributed by atoms with Crippen LogP contribution < -0.4 is 14.4 Å². The largest absolute Gasteiger partial charge is 0.497 e. The van der Waals surface area contributed by atoms with Gasteiger partial charge in [0.2, 0.25) is 0 Å². The SMILES string of the molecule is COc1cc(OC)cc(C(=O)N2CCN(c3ccc(-n4cccc4)nn3)CC2)c1. The van der Waals surface area contributed by atoms with Crippen molar-refractivity contribution in [2.45, 2.75) is 0 Å². The molecular weight excluding hydrogens is 370 g/mol. The molecule has 0 N–H and O–H groups in total. The van der Waals surface area contributed by atoms with Crippen molar-refractivity contribution in [3.8, 4) is 17.3 Å². The molecule has 29 heavy (non-hydrogen) atoms. The average Bonchev–Trinajstić information content (AvgIpc) is 3.33. The molecule has 1 amide bonds. The minimum absolute atomic E-state index is 0.0316. The average molecular weight is 393 g/mol. The summed E-state index contributed by atoms with van der Waals surface area (Å²) in [7, 11) is 3.15. The number of hydrogen-bond donors (Lipinski definition) is 0. The Morgan fingerprint density at radius 1 is 0.862 bits per heavy atom. The number of nitrogens with zero attached hydrogens (tertiary/aromatic N) is 5. The second-order valence-corrected chi connectivity index (χ2v) is 6.72. The summed E-state index contributed by atoms with van der Waals surface area (Å²) in [6.45, 7) is 2.62. The van der Waals surface area contributed by atoms with E-state index in [0.717, 1.165) is 11.6 Å². The molecule has 8 nitrogen and oxygen atoms in total. The maximum absolute atomic E-state index is 12.9. The van der Waals surface area contributed by atoms with Gasteiger partial charge in [0.15, 0.2) is 11.6 Å². The number of carbonyl (C=O) groups is 1. The highest BCUT2D eigenvalue weighted by atomic mass is 16.5. The van der Waals surface area contributed by atoms with Crippen LogP contribution in [-0.4, -0.2) is 66.0 Å². The predicted molar refractivity (Wildman–Crippen MR) is 109 cm³/mol. The Kier molecular flexibility index (Phi) is 5.33. The lowest BCUT2D eigenvalue weighted by atomic mass is 10.1. The summed E-state index contributed by atoms with van der Waals surface area (Å²) < 4.78 is 12.5. The summed E-state index contributed by atoms with van der Waals surface area (Å²) in [5.74, 6) is 2.76. The number of benzene rings is 1. The van der Waals surface area contributed by atoms with E-state index in [4.69, 9.17) is 9.47 Å². The first-order valence-corrected chi connectivity index (χ1v) is 9.42. The molecule has 8 heteroatoms. The minimum atomic E-state index is -0.0316. The minimum Gasteiger partial charge on any atom is -0.497 e. The third-order valence-corrected chi connectivity index (χ3v) is 4.99. The summed E-state index contributed by atoms with van der Waals surface area (Å²) in [5, 5.41) is 8.65. The van der Waals surface area contributed by atoms with Crippen LogP contribution in [0, 0.1) is 0 Å². The number of rotatable bonds is 5. The third-order valence-electron chi connectivity index (χ3n) is 4.99. The van der Waals surface area contributed by atoms with Gasteiger partial charge in [-0.15, -0.1) is 10.2 Å². The molecule has 1 aromatic carbocycles. The van der Waals surface area contributed by atoms with Gasteiger partial charge in [-0.3, -0.25) is 4.79 Å². The van der Waals surface area contributed by atoms with Crippen molar-refractivity contribution in [1.29, 1.82) is 0 Å². The van der Waals surface area contributed by atoms with E-state index in [1.54, 1.807) is 32.4 Å². The topological polar surface area (TPSA) is 72.7 Å². The standard InChI is InChI=1S/C21H23N5O3/c1-28-17-13-16(14-18(15-17)29-2)21(27)26-11-9-25(10-12-26)20-6-5-19(22-23-20)24-7-3-4-8-24/h3-8,13-15H,9-12H2,1-2H3. The summed E-state index contributed by atoms with van der Waals surface area (Å²) in [6.07, 6.45) is 3.86. The molecule has 3 aromatic rings. The lowest BCUT2D eigenvalue weighted by Gasteiger charge is -2.35. The van der Waals surface area contributed by atoms with E-state index in [1.807, 2.05) is 46.1 Å². The number of hydrogen-bond acceptors (Lipinski definition) is 6. The van der Waals surface area contributed by atoms with Gasteiger partial charge < -0.3 is 23.8 Å². The zero-order chi connectivity index (χ0) is 20.2. The molecule has 1 aliphatic heterocycles. The zero-order valence-electron chi connectivity index (χ0n) is 16.5. The van der Waals surface area contributed by atoms with Crippen molar-refractivity contribution in [2.75, 3.05) is 45.3 Å². The molecule has 0 radical (unpaired) electrons. The highest BCUT2D eigenvalue weighted by molar-refractivity contribution is 5.95. The molecule has 1 saturated heterocycles. The van der Waals surface area contributed by atoms with Crippen molar-refractivity contribution in [3.05, 3.63) is 60.4 Å². The van der Waals surface area contributed by atoms with Gasteiger partial charge in [-0.2, -0.15) is 0 Å². The lowest BCUT2D eigenvalue weighted by Crippen LogP contribution is -2.49.